The van der Waals surface area contributed by atoms with Crippen LogP contribution in [-0.4, -0.2) is 5.91 Å². The van der Waals surface area contributed by atoms with Gasteiger partial charge in [-0.1, -0.05) is 88.7 Å². The fourth-order valence-corrected chi connectivity index (χ4v) is 3.52. The molecule has 0 aliphatic carbocycles. The van der Waals surface area contributed by atoms with Crippen LogP contribution in [0.25, 0.3) is 22.5 Å². The van der Waals surface area contributed by atoms with Crippen LogP contribution in [0, 0.1) is 11.3 Å². The van der Waals surface area contributed by atoms with E-state index in [1.165, 1.54) is 0 Å². The van der Waals surface area contributed by atoms with E-state index in [1.54, 1.807) is 0 Å². The van der Waals surface area contributed by atoms with Crippen LogP contribution in [0.5, 0.6) is 0 Å². The zero-order valence-electron chi connectivity index (χ0n) is 15.9. The lowest BCUT2D eigenvalue weighted by molar-refractivity contribution is -0.115. The Kier molecular flexibility index (Phi) is 5.78. The van der Waals surface area contributed by atoms with Gasteiger partial charge in [0.2, 0.25) is 11.8 Å². The minimum absolute atomic E-state index is 0.164. The van der Waals surface area contributed by atoms with E-state index in [9.17, 15) is 10.1 Å². The Morgan fingerprint density at radius 2 is 1.50 bits per heavy atom. The van der Waals surface area contributed by atoms with Gasteiger partial charge in [0.05, 0.1) is 6.42 Å². The van der Waals surface area contributed by atoms with Crippen molar-refractivity contribution in [1.82, 2.24) is 0 Å². The molecule has 4 nitrogen and oxygen atoms in total. The number of carbonyl (C=O) groups excluding carboxylic acids is 1. The fraction of sp³-hybridized carbons (Fsp3) is 0.0400. The number of nitrogens with one attached hydrogen (secondary N) is 1. The van der Waals surface area contributed by atoms with Crippen LogP contribution in [0.4, 0.5) is 5.88 Å². The van der Waals surface area contributed by atoms with Gasteiger partial charge in [0.15, 0.2) is 0 Å². The van der Waals surface area contributed by atoms with E-state index in [0.717, 1.165) is 21.2 Å². The molecule has 1 aromatic heterocycles. The molecule has 0 fully saturated rings. The third-order valence-corrected chi connectivity index (χ3v) is 5.18. The number of anilines is 1. The second kappa shape index (κ2) is 8.81. The van der Waals surface area contributed by atoms with Crippen LogP contribution in [0.1, 0.15) is 11.1 Å². The predicted molar refractivity (Wildman–Crippen MR) is 121 cm³/mol. The number of furan rings is 1. The maximum absolute atomic E-state index is 12.6. The lowest BCUT2D eigenvalue weighted by Crippen LogP contribution is -2.14. The van der Waals surface area contributed by atoms with Gasteiger partial charge >= 0.3 is 0 Å². The zero-order valence-corrected chi connectivity index (χ0v) is 17.5. The molecule has 0 atom stereocenters. The molecule has 3 aromatic carbocycles. The topological polar surface area (TPSA) is 66.0 Å². The normalized spacial score (nSPS) is 10.4. The van der Waals surface area contributed by atoms with Crippen LogP contribution in [-0.2, 0) is 11.2 Å². The predicted octanol–water partition coefficient (Wildman–Crippen LogP) is 6.43. The van der Waals surface area contributed by atoms with Crippen molar-refractivity contribution in [2.45, 2.75) is 6.42 Å². The maximum atomic E-state index is 12.6. The molecule has 1 amide bonds. The minimum Gasteiger partial charge on any atom is -0.438 e. The summed E-state index contributed by atoms with van der Waals surface area (Å²) in [6.07, 6.45) is 0.181. The van der Waals surface area contributed by atoms with Crippen LogP contribution < -0.4 is 5.32 Å². The van der Waals surface area contributed by atoms with E-state index < -0.39 is 0 Å². The smallest absolute Gasteiger partial charge is 0.231 e. The Hall–Kier alpha value is -3.62. The Balaban J connectivity index is 1.73. The Bertz CT molecular complexity index is 1210. The number of hydrogen-bond donors (Lipinski definition) is 1. The van der Waals surface area contributed by atoms with E-state index in [0.29, 0.717) is 16.9 Å². The van der Waals surface area contributed by atoms with E-state index in [-0.39, 0.29) is 18.2 Å². The lowest BCUT2D eigenvalue weighted by atomic mass is 9.98. The largest absolute Gasteiger partial charge is 0.438 e. The third kappa shape index (κ3) is 4.19. The number of nitrogens with zero attached hydrogens (tertiary/aromatic N) is 1. The van der Waals surface area contributed by atoms with Crippen molar-refractivity contribution in [3.8, 4) is 28.5 Å². The lowest BCUT2D eigenvalue weighted by Gasteiger charge is -2.03. The second-order valence-electron chi connectivity index (χ2n) is 6.71. The van der Waals surface area contributed by atoms with Gasteiger partial charge in [0.1, 0.15) is 17.4 Å². The molecule has 4 aromatic rings. The molecule has 0 unspecified atom stereocenters. The molecule has 1 N–H and O–H groups in total. The standard InChI is InChI=1S/C25H17BrN2O2/c26-20-13-11-17(12-14-20)15-22(29)28-25-21(16-27)23(18-7-3-1-4-8-18)24(30-25)19-9-5-2-6-10-19/h1-14H,15H2,(H,28,29). The van der Waals surface area contributed by atoms with Crippen LogP contribution >= 0.6 is 15.9 Å². The van der Waals surface area contributed by atoms with Crippen LogP contribution in [0.15, 0.2) is 93.8 Å². The Morgan fingerprint density at radius 1 is 0.900 bits per heavy atom. The minimum atomic E-state index is -0.248. The fourth-order valence-electron chi connectivity index (χ4n) is 3.26. The highest BCUT2D eigenvalue weighted by Crippen LogP contribution is 2.41. The van der Waals surface area contributed by atoms with E-state index in [4.69, 9.17) is 4.42 Å². The summed E-state index contributed by atoms with van der Waals surface area (Å²) in [5.74, 6) is 0.469. The number of halogens is 1. The molecule has 4 rings (SSSR count). The SMILES string of the molecule is N#Cc1c(NC(=O)Cc2ccc(Br)cc2)oc(-c2ccccc2)c1-c1ccccc1. The molecule has 0 saturated carbocycles. The van der Waals surface area contributed by atoms with Gasteiger partial charge in [-0.15, -0.1) is 0 Å². The summed E-state index contributed by atoms with van der Waals surface area (Å²) in [6, 6.07) is 28.9. The third-order valence-electron chi connectivity index (χ3n) is 4.65. The van der Waals surface area contributed by atoms with Crippen LogP contribution in [0.2, 0.25) is 0 Å². The average Bonchev–Trinajstić information content (AvgIpc) is 3.14. The first-order valence-electron chi connectivity index (χ1n) is 9.37. The number of hydrogen-bond acceptors (Lipinski definition) is 3. The molecule has 0 aliphatic rings. The molecule has 1 heterocycles. The quantitative estimate of drug-likeness (QED) is 0.376. The number of benzene rings is 3. The molecular weight excluding hydrogens is 440 g/mol. The number of nitriles is 1. The van der Waals surface area contributed by atoms with Crippen molar-refractivity contribution in [2.24, 2.45) is 0 Å². The zero-order chi connectivity index (χ0) is 20.9. The van der Waals surface area contributed by atoms with Crippen molar-refractivity contribution in [3.63, 3.8) is 0 Å². The van der Waals surface area contributed by atoms with Gasteiger partial charge < -0.3 is 4.42 Å². The molecule has 0 bridgehead atoms. The Labute approximate surface area is 182 Å². The summed E-state index contributed by atoms with van der Waals surface area (Å²) >= 11 is 3.39. The first kappa shape index (κ1) is 19.7. The number of rotatable bonds is 5. The molecule has 0 radical (unpaired) electrons. The van der Waals surface area contributed by atoms with Gasteiger partial charge in [-0.05, 0) is 23.3 Å². The summed E-state index contributed by atoms with van der Waals surface area (Å²) in [7, 11) is 0. The summed E-state index contributed by atoms with van der Waals surface area (Å²) in [4.78, 5) is 12.6. The molecule has 0 spiro atoms. The summed E-state index contributed by atoms with van der Waals surface area (Å²) in [5, 5.41) is 12.7. The second-order valence-corrected chi connectivity index (χ2v) is 7.62. The molecule has 30 heavy (non-hydrogen) atoms. The maximum Gasteiger partial charge on any atom is 0.231 e. The first-order chi connectivity index (χ1) is 14.7. The van der Waals surface area contributed by atoms with Crippen molar-refractivity contribution >= 4 is 27.7 Å². The van der Waals surface area contributed by atoms with Gasteiger partial charge in [-0.2, -0.15) is 5.26 Å². The van der Waals surface area contributed by atoms with Crippen molar-refractivity contribution in [2.75, 3.05) is 5.32 Å². The van der Waals surface area contributed by atoms with Crippen molar-refractivity contribution in [3.05, 3.63) is 101 Å². The average molecular weight is 457 g/mol. The van der Waals surface area contributed by atoms with Crippen molar-refractivity contribution in [1.29, 1.82) is 5.26 Å². The molecule has 5 heteroatoms. The highest BCUT2D eigenvalue weighted by atomic mass is 79.9. The molecule has 146 valence electrons. The van der Waals surface area contributed by atoms with Crippen LogP contribution in [0.3, 0.4) is 0 Å². The molecular formula is C25H17BrN2O2. The van der Waals surface area contributed by atoms with Crippen molar-refractivity contribution < 1.29 is 9.21 Å². The van der Waals surface area contributed by atoms with Gasteiger partial charge in [0, 0.05) is 15.6 Å². The molecule has 0 aliphatic heterocycles. The summed E-state index contributed by atoms with van der Waals surface area (Å²) in [6.45, 7) is 0. The highest BCUT2D eigenvalue weighted by Gasteiger charge is 2.24. The first-order valence-corrected chi connectivity index (χ1v) is 10.2. The summed E-state index contributed by atoms with van der Waals surface area (Å²) < 4.78 is 6.99. The van der Waals surface area contributed by atoms with Gasteiger partial charge in [-0.3, -0.25) is 10.1 Å². The molecule has 0 saturated heterocycles. The number of amides is 1. The monoisotopic (exact) mass is 456 g/mol. The van der Waals surface area contributed by atoms with E-state index >= 15 is 0 Å². The van der Waals surface area contributed by atoms with E-state index in [1.807, 2.05) is 84.9 Å². The number of carbonyl (C=O) groups is 1. The Morgan fingerprint density at radius 3 is 2.10 bits per heavy atom. The van der Waals surface area contributed by atoms with E-state index in [2.05, 4.69) is 27.3 Å². The van der Waals surface area contributed by atoms with Gasteiger partial charge in [-0.25, -0.2) is 0 Å². The highest BCUT2D eigenvalue weighted by molar-refractivity contribution is 9.10. The summed E-state index contributed by atoms with van der Waals surface area (Å²) in [5.41, 5.74) is 3.53. The van der Waals surface area contributed by atoms with Gasteiger partial charge in [0.25, 0.3) is 0 Å².